The molecule has 0 radical (unpaired) electrons. The summed E-state index contributed by atoms with van der Waals surface area (Å²) in [6, 6.07) is 29.8. The Hall–Kier alpha value is -10.1. The summed E-state index contributed by atoms with van der Waals surface area (Å²) in [5.41, 5.74) is 7.92. The molecule has 0 saturated carbocycles. The van der Waals surface area contributed by atoms with E-state index in [4.69, 9.17) is 42.5 Å². The molecule has 1 atom stereocenters. The van der Waals surface area contributed by atoms with E-state index in [9.17, 15) is 34.0 Å². The number of ether oxygens (including phenoxy) is 8. The van der Waals surface area contributed by atoms with Crippen molar-refractivity contribution in [1.82, 2.24) is 54.6 Å². The van der Waals surface area contributed by atoms with Gasteiger partial charge in [0.1, 0.15) is 34.7 Å². The molecule has 0 unspecified atom stereocenters. The van der Waals surface area contributed by atoms with Gasteiger partial charge >= 0.3 is 37.0 Å². The van der Waals surface area contributed by atoms with Crippen LogP contribution in [0.15, 0.2) is 128 Å². The Morgan fingerprint density at radius 3 is 1.53 bits per heavy atom. The lowest BCUT2D eigenvalue weighted by Crippen LogP contribution is -2.43. The predicted octanol–water partition coefficient (Wildman–Crippen LogP) is 10.5. The molecule has 3 aliphatic rings. The quantitative estimate of drug-likeness (QED) is 0.0209. The molecule has 560 valence electrons. The van der Waals surface area contributed by atoms with Crippen LogP contribution < -0.4 is 24.6 Å². The minimum Gasteiger partial charge on any atom is -0.497 e. The average Bonchev–Trinajstić information content (AvgIpc) is 1.61. The van der Waals surface area contributed by atoms with Crippen molar-refractivity contribution < 1.29 is 76.0 Å². The second-order valence-corrected chi connectivity index (χ2v) is 26.8. The highest BCUT2D eigenvalue weighted by Crippen LogP contribution is 2.40. The third-order valence-electron chi connectivity index (χ3n) is 17.2. The molecule has 3 aliphatic heterocycles. The standard InChI is InChI=1S/C28H29N5O4.C20H27BN2O5.C14H15IN2O3.C6H7IN2O2.C6H8N2O2/c1-3-37-28(35)26-23(16-30-33(26)17-19-9-11-20(36-2)12-10-19)21-6-4-7-24-22(21)13-15-32(24)27(34)25-8-5-14-31(25)18-29;1-7-26-18(24)17-16(21-27-19(2,3)20(4,5)28-21)12-22-23(17)13-14-8-10-15(25-6)11-9-14;1-3-20-14(18)13-12(15)8-16-17(13)9-10-4-6-11(19-2)7-5-10;1-2-11-6(10)5-4(7)3-8-9-5;1-2-10-6(9)5-3-4-7-8-5/h4,6-7,9-12,16,25H,3,5,8,13-15,17H2,1-2H3;8-12H,7,13H2,1-6H3;4-8H,3,9H2,1-2H3;3H,2H2,1H3,(H,8,9);3-4H,2H2,1H3,(H,7,8)/t25-;;;;/m0..../s1. The molecule has 5 aromatic heterocycles. The lowest BCUT2D eigenvalue weighted by atomic mass is 9.79. The zero-order valence-electron chi connectivity index (χ0n) is 61.2. The summed E-state index contributed by atoms with van der Waals surface area (Å²) in [7, 11) is 4.18. The molecule has 12 rings (SSSR count). The van der Waals surface area contributed by atoms with E-state index in [0.717, 1.165) is 64.3 Å². The van der Waals surface area contributed by atoms with Gasteiger partial charge in [0.15, 0.2) is 23.3 Å². The van der Waals surface area contributed by atoms with Gasteiger partial charge in [0.05, 0.1) is 111 Å². The van der Waals surface area contributed by atoms with Crippen molar-refractivity contribution in [2.75, 3.05) is 72.4 Å². The Labute approximate surface area is 642 Å². The number of likely N-dealkylation sites (tertiary alicyclic amines) is 1. The van der Waals surface area contributed by atoms with Crippen molar-refractivity contribution in [1.29, 1.82) is 5.26 Å². The van der Waals surface area contributed by atoms with Crippen LogP contribution in [0.3, 0.4) is 0 Å². The molecule has 9 aromatic rings. The van der Waals surface area contributed by atoms with Gasteiger partial charge in [0, 0.05) is 42.2 Å². The molecule has 106 heavy (non-hydrogen) atoms. The van der Waals surface area contributed by atoms with E-state index < -0.39 is 36.3 Å². The fourth-order valence-electron chi connectivity index (χ4n) is 11.2. The van der Waals surface area contributed by atoms with Gasteiger partial charge < -0.3 is 52.1 Å². The van der Waals surface area contributed by atoms with Crippen LogP contribution in [-0.4, -0.2) is 182 Å². The molecule has 2 N–H and O–H groups in total. The summed E-state index contributed by atoms with van der Waals surface area (Å²) < 4.78 is 59.5. The van der Waals surface area contributed by atoms with Crippen LogP contribution in [0.2, 0.25) is 0 Å². The number of rotatable bonds is 22. The van der Waals surface area contributed by atoms with Crippen molar-refractivity contribution in [3.05, 3.63) is 186 Å². The number of hydrogen-bond acceptors (Lipinski definition) is 23. The average molecular weight is 1680 g/mol. The maximum atomic E-state index is 13.4. The van der Waals surface area contributed by atoms with E-state index in [-0.39, 0.29) is 37.0 Å². The number of amides is 1. The van der Waals surface area contributed by atoms with E-state index in [2.05, 4.69) is 69.2 Å². The molecule has 0 spiro atoms. The Kier molecular flexibility index (Phi) is 29.8. The number of aromatic amines is 2. The third kappa shape index (κ3) is 20.5. The predicted molar refractivity (Wildman–Crippen MR) is 408 cm³/mol. The lowest BCUT2D eigenvalue weighted by molar-refractivity contribution is -0.121. The Morgan fingerprint density at radius 1 is 0.557 bits per heavy atom. The van der Waals surface area contributed by atoms with Gasteiger partial charge in [-0.15, -0.1) is 0 Å². The summed E-state index contributed by atoms with van der Waals surface area (Å²) in [6.07, 6.45) is 12.4. The van der Waals surface area contributed by atoms with Crippen molar-refractivity contribution >= 4 is 99.2 Å². The number of carbonyl (C=O) groups is 6. The highest BCUT2D eigenvalue weighted by Gasteiger charge is 2.53. The monoisotopic (exact) mass is 1680 g/mol. The Morgan fingerprint density at radius 2 is 1.04 bits per heavy atom. The molecule has 4 aromatic carbocycles. The Balaban J connectivity index is 0.000000181. The highest BCUT2D eigenvalue weighted by molar-refractivity contribution is 14.1. The second-order valence-electron chi connectivity index (χ2n) is 24.5. The van der Waals surface area contributed by atoms with Gasteiger partial charge in [-0.2, -0.15) is 30.8 Å². The fourth-order valence-corrected chi connectivity index (χ4v) is 12.3. The van der Waals surface area contributed by atoms with Crippen molar-refractivity contribution in [2.24, 2.45) is 0 Å². The smallest absolute Gasteiger partial charge is 0.497 e. The van der Waals surface area contributed by atoms with E-state index in [1.54, 1.807) is 111 Å². The van der Waals surface area contributed by atoms with Crippen molar-refractivity contribution in [3.63, 3.8) is 0 Å². The minimum atomic E-state index is -0.686. The number of anilines is 1. The third-order valence-corrected chi connectivity index (χ3v) is 18.8. The van der Waals surface area contributed by atoms with Crippen LogP contribution in [0.4, 0.5) is 5.69 Å². The number of methoxy groups -OCH3 is 3. The van der Waals surface area contributed by atoms with Crippen molar-refractivity contribution in [3.8, 4) is 34.6 Å². The minimum absolute atomic E-state index is 0.0456. The number of esters is 5. The SMILES string of the molecule is CCOC(=O)c1[nH]ncc1I.CCOC(=O)c1c(-c2cccc3c2CCN3C(=O)[C@@H]2CCCN2C#N)cnn1Cc1ccc(OC)cc1.CCOC(=O)c1c(B2OC(C)(C)C(C)(C)O2)cnn1Cc1ccc(OC)cc1.CCOC(=O)c1c(I)cnn1Cc1ccc(OC)cc1.CCOC(=O)c1ccn[nH]1. The molecule has 32 heteroatoms. The highest BCUT2D eigenvalue weighted by atomic mass is 127. The first-order valence-electron chi connectivity index (χ1n) is 34.2. The second kappa shape index (κ2) is 38.8. The summed E-state index contributed by atoms with van der Waals surface area (Å²) in [4.78, 5) is 76.3. The number of hydrogen-bond donors (Lipinski definition) is 2. The zero-order valence-corrected chi connectivity index (χ0v) is 65.5. The van der Waals surface area contributed by atoms with Crippen LogP contribution in [0.5, 0.6) is 17.2 Å². The van der Waals surface area contributed by atoms with Gasteiger partial charge in [0.25, 0.3) is 0 Å². The number of aromatic nitrogens is 10. The van der Waals surface area contributed by atoms with Crippen molar-refractivity contribution in [2.45, 2.75) is 118 Å². The molecule has 2 saturated heterocycles. The van der Waals surface area contributed by atoms with E-state index in [1.807, 2.05) is 141 Å². The van der Waals surface area contributed by atoms with E-state index in [1.165, 1.54) is 6.20 Å². The topological polar surface area (TPSA) is 336 Å². The van der Waals surface area contributed by atoms with Crippen LogP contribution >= 0.6 is 45.2 Å². The number of carbonyl (C=O) groups excluding carboxylic acids is 6. The molecule has 8 heterocycles. The summed E-state index contributed by atoms with van der Waals surface area (Å²) >= 11 is 4.10. The van der Waals surface area contributed by atoms with Gasteiger partial charge in [0.2, 0.25) is 5.91 Å². The largest absolute Gasteiger partial charge is 0.498 e. The zero-order chi connectivity index (χ0) is 76.7. The number of nitriles is 1. The molecule has 29 nitrogen and oxygen atoms in total. The molecular formula is C74H86BI2N13O16. The van der Waals surface area contributed by atoms with Gasteiger partial charge in [-0.3, -0.25) is 33.9 Å². The molecule has 0 aliphatic carbocycles. The number of benzene rings is 4. The van der Waals surface area contributed by atoms with E-state index >= 15 is 0 Å². The first kappa shape index (κ1) is 81.6. The fraction of sp³-hybridized carbons (Fsp3) is 0.378. The maximum absolute atomic E-state index is 13.4. The Bertz CT molecular complexity index is 4440. The van der Waals surface area contributed by atoms with Crippen LogP contribution in [0.25, 0.3) is 11.1 Å². The van der Waals surface area contributed by atoms with Crippen LogP contribution in [0, 0.1) is 18.6 Å². The summed E-state index contributed by atoms with van der Waals surface area (Å²) in [5.74, 6) is 0.334. The van der Waals surface area contributed by atoms with Gasteiger partial charge in [-0.25, -0.2) is 24.0 Å². The number of halogens is 2. The van der Waals surface area contributed by atoms with Crippen LogP contribution in [0.1, 0.15) is 150 Å². The summed E-state index contributed by atoms with van der Waals surface area (Å²) in [6.45, 7) is 20.9. The first-order valence-corrected chi connectivity index (χ1v) is 36.4. The van der Waals surface area contributed by atoms with Gasteiger partial charge in [-0.05, 0) is 203 Å². The normalized spacial score (nSPS) is 14.2. The molecule has 1 amide bonds. The molecule has 0 bridgehead atoms. The summed E-state index contributed by atoms with van der Waals surface area (Å²) in [5, 5.41) is 35.0. The number of nitrogens with zero attached hydrogens (tertiary/aromatic N) is 11. The van der Waals surface area contributed by atoms with Crippen LogP contribution in [-0.2, 0) is 63.8 Å². The number of H-pyrrole nitrogens is 2. The maximum Gasteiger partial charge on any atom is 0.498 e. The molecular weight excluding hydrogens is 1590 g/mol. The number of fused-ring (bicyclic) bond motifs is 1. The van der Waals surface area contributed by atoms with Gasteiger partial charge in [-0.1, -0.05) is 48.5 Å². The number of nitrogens with one attached hydrogen (secondary N) is 2. The first-order chi connectivity index (χ1) is 51.0. The lowest BCUT2D eigenvalue weighted by Gasteiger charge is -2.32. The molecule has 2 fully saturated rings. The van der Waals surface area contributed by atoms with E-state index in [0.29, 0.717) is 105 Å².